The van der Waals surface area contributed by atoms with Crippen LogP contribution in [0, 0.1) is 0 Å². The zero-order valence-corrected chi connectivity index (χ0v) is 9.30. The van der Waals surface area contributed by atoms with Gasteiger partial charge in [-0.05, 0) is 12.1 Å². The van der Waals surface area contributed by atoms with Crippen molar-refractivity contribution in [2.75, 3.05) is 6.54 Å². The van der Waals surface area contributed by atoms with Crippen LogP contribution in [0.3, 0.4) is 0 Å². The molecule has 0 atom stereocenters. The standard InChI is InChI=1S/C12H11F4NO/c13-11(14)12(15,16)7-17-6-9-5-8-3-1-2-4-10(8)18-9/h1-5,11,17H,6-7H2. The van der Waals surface area contributed by atoms with Crippen molar-refractivity contribution >= 4 is 11.0 Å². The average molecular weight is 261 g/mol. The summed E-state index contributed by atoms with van der Waals surface area (Å²) in [6, 6.07) is 8.85. The van der Waals surface area contributed by atoms with Gasteiger partial charge in [0, 0.05) is 5.39 Å². The third kappa shape index (κ3) is 2.81. The van der Waals surface area contributed by atoms with Crippen molar-refractivity contribution in [3.8, 4) is 0 Å². The van der Waals surface area contributed by atoms with Gasteiger partial charge in [-0.15, -0.1) is 0 Å². The van der Waals surface area contributed by atoms with E-state index in [1.165, 1.54) is 0 Å². The first kappa shape index (κ1) is 12.9. The Bertz CT molecular complexity index is 491. The Morgan fingerprint density at radius 2 is 1.94 bits per heavy atom. The van der Waals surface area contributed by atoms with Gasteiger partial charge in [0.1, 0.15) is 11.3 Å². The van der Waals surface area contributed by atoms with Crippen LogP contribution in [0.2, 0.25) is 0 Å². The summed E-state index contributed by atoms with van der Waals surface area (Å²) < 4.78 is 54.4. The Hall–Kier alpha value is -1.56. The minimum Gasteiger partial charge on any atom is -0.460 e. The highest BCUT2D eigenvalue weighted by Gasteiger charge is 2.40. The van der Waals surface area contributed by atoms with Crippen LogP contribution >= 0.6 is 0 Å². The summed E-state index contributed by atoms with van der Waals surface area (Å²) in [6.07, 6.45) is -3.67. The summed E-state index contributed by atoms with van der Waals surface area (Å²) in [5, 5.41) is 3.10. The summed E-state index contributed by atoms with van der Waals surface area (Å²) in [5.41, 5.74) is 0.634. The molecule has 18 heavy (non-hydrogen) atoms. The largest absolute Gasteiger partial charge is 0.460 e. The molecule has 2 aromatic rings. The molecule has 1 heterocycles. The second-order valence-electron chi connectivity index (χ2n) is 3.92. The highest BCUT2D eigenvalue weighted by Crippen LogP contribution is 2.22. The normalized spacial score (nSPS) is 12.5. The Morgan fingerprint density at radius 3 is 2.61 bits per heavy atom. The first-order valence-corrected chi connectivity index (χ1v) is 5.33. The van der Waals surface area contributed by atoms with Crippen LogP contribution in [0.25, 0.3) is 11.0 Å². The van der Waals surface area contributed by atoms with Crippen molar-refractivity contribution in [2.45, 2.75) is 18.9 Å². The van der Waals surface area contributed by atoms with Gasteiger partial charge < -0.3 is 9.73 Å². The van der Waals surface area contributed by atoms with E-state index in [2.05, 4.69) is 5.32 Å². The maximum atomic E-state index is 12.6. The third-order valence-corrected chi connectivity index (χ3v) is 2.46. The van der Waals surface area contributed by atoms with Gasteiger partial charge in [-0.1, -0.05) is 18.2 Å². The molecule has 0 unspecified atom stereocenters. The second kappa shape index (κ2) is 4.97. The molecule has 0 bridgehead atoms. The molecule has 0 spiro atoms. The molecule has 2 rings (SSSR count). The molecule has 2 nitrogen and oxygen atoms in total. The highest BCUT2D eigenvalue weighted by atomic mass is 19.3. The molecule has 0 saturated carbocycles. The van der Waals surface area contributed by atoms with Crippen molar-refractivity contribution in [3.05, 3.63) is 36.1 Å². The number of nitrogens with one attached hydrogen (secondary N) is 1. The zero-order chi connectivity index (χ0) is 13.2. The lowest BCUT2D eigenvalue weighted by atomic mass is 10.2. The molecule has 0 aliphatic rings. The Kier molecular flexibility index (Phi) is 3.56. The molecule has 0 radical (unpaired) electrons. The molecule has 0 aliphatic heterocycles. The van der Waals surface area contributed by atoms with Gasteiger partial charge in [0.2, 0.25) is 0 Å². The van der Waals surface area contributed by atoms with Crippen LogP contribution in [-0.4, -0.2) is 18.9 Å². The molecule has 98 valence electrons. The summed E-state index contributed by atoms with van der Waals surface area (Å²) in [7, 11) is 0. The Morgan fingerprint density at radius 1 is 1.22 bits per heavy atom. The molecule has 6 heteroatoms. The van der Waals surface area contributed by atoms with E-state index in [9.17, 15) is 17.6 Å². The molecule has 0 amide bonds. The van der Waals surface area contributed by atoms with E-state index in [-0.39, 0.29) is 6.54 Å². The van der Waals surface area contributed by atoms with Gasteiger partial charge in [0.05, 0.1) is 13.1 Å². The van der Waals surface area contributed by atoms with E-state index in [0.717, 1.165) is 5.39 Å². The van der Waals surface area contributed by atoms with Gasteiger partial charge in [0.15, 0.2) is 0 Å². The quantitative estimate of drug-likeness (QED) is 0.834. The second-order valence-corrected chi connectivity index (χ2v) is 3.92. The summed E-state index contributed by atoms with van der Waals surface area (Å²) in [4.78, 5) is 0. The SMILES string of the molecule is FC(F)C(F)(F)CNCc1cc2ccccc2o1. The number of benzene rings is 1. The molecule has 0 saturated heterocycles. The molecule has 1 aromatic heterocycles. The Labute approximate surface area is 101 Å². The first-order chi connectivity index (χ1) is 8.49. The number of rotatable bonds is 5. The van der Waals surface area contributed by atoms with Crippen LogP contribution in [0.15, 0.2) is 34.7 Å². The van der Waals surface area contributed by atoms with Crippen LogP contribution in [0.5, 0.6) is 0 Å². The van der Waals surface area contributed by atoms with Gasteiger partial charge in [-0.2, -0.15) is 8.78 Å². The number of halogens is 4. The van der Waals surface area contributed by atoms with E-state index in [4.69, 9.17) is 4.42 Å². The summed E-state index contributed by atoms with van der Waals surface area (Å²) in [6.45, 7) is -1.10. The predicted molar refractivity (Wildman–Crippen MR) is 58.9 cm³/mol. The number of hydrogen-bond acceptors (Lipinski definition) is 2. The maximum absolute atomic E-state index is 12.6. The first-order valence-electron chi connectivity index (χ1n) is 5.33. The fourth-order valence-corrected chi connectivity index (χ4v) is 1.55. The molecule has 1 N–H and O–H groups in total. The molecule has 0 aliphatic carbocycles. The fourth-order valence-electron chi connectivity index (χ4n) is 1.55. The Balaban J connectivity index is 1.94. The maximum Gasteiger partial charge on any atom is 0.319 e. The van der Waals surface area contributed by atoms with Gasteiger partial charge in [-0.25, -0.2) is 8.78 Å². The topological polar surface area (TPSA) is 25.2 Å². The average Bonchev–Trinajstić information content (AvgIpc) is 2.70. The predicted octanol–water partition coefficient (Wildman–Crippen LogP) is 3.42. The van der Waals surface area contributed by atoms with Crippen molar-refractivity contribution in [2.24, 2.45) is 0 Å². The minimum absolute atomic E-state index is 0.0169. The number of alkyl halides is 4. The summed E-state index contributed by atoms with van der Waals surface area (Å²) in [5.74, 6) is -3.59. The van der Waals surface area contributed by atoms with Crippen LogP contribution in [-0.2, 0) is 6.54 Å². The number of para-hydroxylation sites is 1. The highest BCUT2D eigenvalue weighted by molar-refractivity contribution is 5.77. The van der Waals surface area contributed by atoms with Gasteiger partial charge in [0.25, 0.3) is 0 Å². The molecule has 0 fully saturated rings. The lowest BCUT2D eigenvalue weighted by Gasteiger charge is -2.14. The molecular formula is C12H11F4NO. The van der Waals surface area contributed by atoms with E-state index in [0.29, 0.717) is 11.3 Å². The van der Waals surface area contributed by atoms with Crippen molar-refractivity contribution in [3.63, 3.8) is 0 Å². The zero-order valence-electron chi connectivity index (χ0n) is 9.30. The van der Waals surface area contributed by atoms with E-state index in [1.54, 1.807) is 18.2 Å². The molecule has 1 aromatic carbocycles. The number of hydrogen-bond donors (Lipinski definition) is 1. The number of fused-ring (bicyclic) bond motifs is 1. The van der Waals surface area contributed by atoms with E-state index in [1.807, 2.05) is 12.1 Å². The summed E-state index contributed by atoms with van der Waals surface area (Å²) >= 11 is 0. The smallest absolute Gasteiger partial charge is 0.319 e. The van der Waals surface area contributed by atoms with Crippen LogP contribution < -0.4 is 5.32 Å². The van der Waals surface area contributed by atoms with Crippen LogP contribution in [0.1, 0.15) is 5.76 Å². The van der Waals surface area contributed by atoms with Gasteiger partial charge in [-0.3, -0.25) is 0 Å². The lowest BCUT2D eigenvalue weighted by molar-refractivity contribution is -0.125. The van der Waals surface area contributed by atoms with Crippen molar-refractivity contribution < 1.29 is 22.0 Å². The van der Waals surface area contributed by atoms with Crippen molar-refractivity contribution in [1.82, 2.24) is 5.32 Å². The third-order valence-electron chi connectivity index (χ3n) is 2.46. The molecular weight excluding hydrogens is 250 g/mol. The minimum atomic E-state index is -4.02. The fraction of sp³-hybridized carbons (Fsp3) is 0.333. The monoisotopic (exact) mass is 261 g/mol. The van der Waals surface area contributed by atoms with Crippen molar-refractivity contribution in [1.29, 1.82) is 0 Å². The number of furan rings is 1. The van der Waals surface area contributed by atoms with Gasteiger partial charge >= 0.3 is 12.3 Å². The lowest BCUT2D eigenvalue weighted by Crippen LogP contribution is -2.38. The van der Waals surface area contributed by atoms with E-state index < -0.39 is 18.9 Å². The van der Waals surface area contributed by atoms with Crippen LogP contribution in [0.4, 0.5) is 17.6 Å². The van der Waals surface area contributed by atoms with E-state index >= 15 is 0 Å².